The third-order valence-electron chi connectivity index (χ3n) is 3.55. The Hall–Kier alpha value is -1.19. The molecule has 3 heteroatoms. The Labute approximate surface area is 108 Å². The monoisotopic (exact) mass is 248 g/mol. The second kappa shape index (κ2) is 6.66. The molecule has 0 bridgehead atoms. The molecule has 0 amide bonds. The van der Waals surface area contributed by atoms with Crippen LogP contribution in [0.1, 0.15) is 50.1 Å². The van der Waals surface area contributed by atoms with Crippen molar-refractivity contribution in [2.24, 2.45) is 5.84 Å². The van der Waals surface area contributed by atoms with Gasteiger partial charge in [-0.1, -0.05) is 36.6 Å². The molecule has 0 radical (unpaired) electrons. The average Bonchev–Trinajstić information content (AvgIpc) is 2.32. The van der Waals surface area contributed by atoms with Crippen LogP contribution in [0.4, 0.5) is 4.39 Å². The number of hydrogen-bond donors (Lipinski definition) is 2. The third-order valence-corrected chi connectivity index (χ3v) is 3.55. The lowest BCUT2D eigenvalue weighted by Gasteiger charge is -2.22. The lowest BCUT2D eigenvalue weighted by atomic mass is 9.91. The van der Waals surface area contributed by atoms with Crippen molar-refractivity contribution in [1.82, 2.24) is 5.43 Å². The van der Waals surface area contributed by atoms with E-state index in [1.807, 2.05) is 6.07 Å². The Morgan fingerprint density at radius 2 is 2.00 bits per heavy atom. The zero-order valence-electron chi connectivity index (χ0n) is 10.7. The van der Waals surface area contributed by atoms with Gasteiger partial charge in [0.1, 0.15) is 5.82 Å². The van der Waals surface area contributed by atoms with E-state index in [0.29, 0.717) is 0 Å². The van der Waals surface area contributed by atoms with Crippen LogP contribution in [0.3, 0.4) is 0 Å². The van der Waals surface area contributed by atoms with Crippen LogP contribution < -0.4 is 11.3 Å². The molecule has 0 spiro atoms. The molecular weight excluding hydrogens is 227 g/mol. The summed E-state index contributed by atoms with van der Waals surface area (Å²) in [7, 11) is 0. The summed E-state index contributed by atoms with van der Waals surface area (Å²) in [5.74, 6) is 5.45. The van der Waals surface area contributed by atoms with Crippen molar-refractivity contribution >= 4 is 0 Å². The lowest BCUT2D eigenvalue weighted by molar-refractivity contribution is 0.550. The molecule has 0 fully saturated rings. The first-order valence-electron chi connectivity index (χ1n) is 6.72. The minimum Gasteiger partial charge on any atom is -0.271 e. The molecule has 0 saturated carbocycles. The maximum atomic E-state index is 13.3. The molecule has 0 aliphatic heterocycles. The zero-order chi connectivity index (χ0) is 12.8. The number of hydrazine groups is 1. The van der Waals surface area contributed by atoms with Crippen LogP contribution in [-0.4, -0.2) is 0 Å². The number of allylic oxidation sites excluding steroid dienone is 1. The molecule has 1 aliphatic rings. The highest BCUT2D eigenvalue weighted by Crippen LogP contribution is 2.28. The summed E-state index contributed by atoms with van der Waals surface area (Å²) in [6, 6.07) is 6.62. The van der Waals surface area contributed by atoms with E-state index in [0.717, 1.165) is 18.4 Å². The average molecular weight is 248 g/mol. The highest BCUT2D eigenvalue weighted by molar-refractivity contribution is 5.28. The van der Waals surface area contributed by atoms with E-state index in [2.05, 4.69) is 11.5 Å². The minimum absolute atomic E-state index is 0.0567. The first-order valence-corrected chi connectivity index (χ1v) is 6.72. The van der Waals surface area contributed by atoms with Gasteiger partial charge in [-0.3, -0.25) is 5.84 Å². The highest BCUT2D eigenvalue weighted by Gasteiger charge is 2.16. The van der Waals surface area contributed by atoms with Crippen molar-refractivity contribution in [3.8, 4) is 0 Å². The number of nitrogens with two attached hydrogens (primary N) is 1. The van der Waals surface area contributed by atoms with Gasteiger partial charge in [0.15, 0.2) is 0 Å². The largest absolute Gasteiger partial charge is 0.271 e. The Balaban J connectivity index is 2.21. The first kappa shape index (κ1) is 13.2. The van der Waals surface area contributed by atoms with Gasteiger partial charge < -0.3 is 0 Å². The molecule has 3 N–H and O–H groups in total. The summed E-state index contributed by atoms with van der Waals surface area (Å²) in [6.07, 6.45) is 9.44. The Bertz CT molecular complexity index is 415. The molecule has 1 aromatic carbocycles. The van der Waals surface area contributed by atoms with Gasteiger partial charge in [-0.2, -0.15) is 0 Å². The molecule has 18 heavy (non-hydrogen) atoms. The van der Waals surface area contributed by atoms with Gasteiger partial charge in [0.25, 0.3) is 0 Å². The Morgan fingerprint density at radius 3 is 2.78 bits per heavy atom. The number of rotatable bonds is 3. The van der Waals surface area contributed by atoms with Gasteiger partial charge in [0.2, 0.25) is 0 Å². The summed E-state index contributed by atoms with van der Waals surface area (Å²) < 4.78 is 13.3. The fourth-order valence-electron chi connectivity index (χ4n) is 2.58. The minimum atomic E-state index is -0.209. The molecule has 1 unspecified atom stereocenters. The van der Waals surface area contributed by atoms with Crippen LogP contribution >= 0.6 is 0 Å². The smallest absolute Gasteiger partial charge is 0.123 e. The van der Waals surface area contributed by atoms with Crippen LogP contribution in [0, 0.1) is 5.82 Å². The van der Waals surface area contributed by atoms with Gasteiger partial charge in [-0.05, 0) is 43.4 Å². The topological polar surface area (TPSA) is 38.0 Å². The molecule has 2 rings (SSSR count). The predicted molar refractivity (Wildman–Crippen MR) is 72.2 cm³/mol. The number of nitrogens with one attached hydrogen (secondary N) is 1. The number of hydrogen-bond acceptors (Lipinski definition) is 2. The van der Waals surface area contributed by atoms with E-state index in [-0.39, 0.29) is 11.9 Å². The third kappa shape index (κ3) is 3.40. The van der Waals surface area contributed by atoms with Gasteiger partial charge >= 0.3 is 0 Å². The molecule has 1 aliphatic carbocycles. The maximum Gasteiger partial charge on any atom is 0.123 e. The van der Waals surface area contributed by atoms with Crippen LogP contribution in [0.5, 0.6) is 0 Å². The standard InChI is InChI=1S/C15H21FN2/c16-14-10-6-9-13(11-14)15(18-17)12-7-4-2-1-3-5-8-12/h6-7,9-11,15,18H,1-5,8,17H2/b12-7+. The van der Waals surface area contributed by atoms with Crippen LogP contribution in [0.25, 0.3) is 0 Å². The van der Waals surface area contributed by atoms with Crippen LogP contribution in [0.15, 0.2) is 35.9 Å². The SMILES string of the molecule is NNC(/C1=C/CCCCCC1)c1cccc(F)c1. The lowest BCUT2D eigenvalue weighted by Crippen LogP contribution is -2.29. The fraction of sp³-hybridized carbons (Fsp3) is 0.467. The number of benzene rings is 1. The molecule has 1 atom stereocenters. The highest BCUT2D eigenvalue weighted by atomic mass is 19.1. The van der Waals surface area contributed by atoms with Gasteiger partial charge in [-0.15, -0.1) is 0 Å². The second-order valence-corrected chi connectivity index (χ2v) is 4.89. The number of halogens is 1. The van der Waals surface area contributed by atoms with Crippen molar-refractivity contribution < 1.29 is 4.39 Å². The molecule has 1 aromatic rings. The van der Waals surface area contributed by atoms with Crippen LogP contribution in [-0.2, 0) is 0 Å². The fourth-order valence-corrected chi connectivity index (χ4v) is 2.58. The van der Waals surface area contributed by atoms with E-state index in [1.54, 1.807) is 12.1 Å². The van der Waals surface area contributed by atoms with Crippen molar-refractivity contribution in [2.75, 3.05) is 0 Å². The van der Waals surface area contributed by atoms with E-state index in [4.69, 9.17) is 5.84 Å². The van der Waals surface area contributed by atoms with Crippen molar-refractivity contribution in [2.45, 2.75) is 44.6 Å². The van der Waals surface area contributed by atoms with Crippen molar-refractivity contribution in [3.05, 3.63) is 47.3 Å². The van der Waals surface area contributed by atoms with E-state index in [9.17, 15) is 4.39 Å². The van der Waals surface area contributed by atoms with E-state index < -0.39 is 0 Å². The molecule has 0 aromatic heterocycles. The quantitative estimate of drug-likeness (QED) is 0.487. The van der Waals surface area contributed by atoms with Gasteiger partial charge in [-0.25, -0.2) is 9.82 Å². The van der Waals surface area contributed by atoms with Crippen molar-refractivity contribution in [1.29, 1.82) is 0 Å². The van der Waals surface area contributed by atoms with Crippen molar-refractivity contribution in [3.63, 3.8) is 0 Å². The molecular formula is C15H21FN2. The Kier molecular flexibility index (Phi) is 4.90. The molecule has 0 saturated heterocycles. The summed E-state index contributed by atoms with van der Waals surface area (Å²) in [6.45, 7) is 0. The Morgan fingerprint density at radius 1 is 1.17 bits per heavy atom. The molecule has 2 nitrogen and oxygen atoms in total. The second-order valence-electron chi connectivity index (χ2n) is 4.89. The van der Waals surface area contributed by atoms with E-state index in [1.165, 1.54) is 37.3 Å². The summed E-state index contributed by atoms with van der Waals surface area (Å²) >= 11 is 0. The normalized spacial score (nSPS) is 21.6. The molecule has 0 heterocycles. The van der Waals surface area contributed by atoms with Gasteiger partial charge in [0, 0.05) is 0 Å². The zero-order valence-corrected chi connectivity index (χ0v) is 10.7. The predicted octanol–water partition coefficient (Wildman–Crippen LogP) is 3.61. The summed E-state index contributed by atoms with van der Waals surface area (Å²) in [5, 5.41) is 0. The van der Waals surface area contributed by atoms with Gasteiger partial charge in [0.05, 0.1) is 6.04 Å². The van der Waals surface area contributed by atoms with Crippen LogP contribution in [0.2, 0.25) is 0 Å². The van der Waals surface area contributed by atoms with E-state index >= 15 is 0 Å². The maximum absolute atomic E-state index is 13.3. The first-order chi connectivity index (χ1) is 8.81. The molecule has 98 valence electrons. The summed E-state index contributed by atoms with van der Waals surface area (Å²) in [5.41, 5.74) is 5.03. The summed E-state index contributed by atoms with van der Waals surface area (Å²) in [4.78, 5) is 0.